The summed E-state index contributed by atoms with van der Waals surface area (Å²) in [5, 5.41) is 2.73. The number of ether oxygens (including phenoxy) is 3. The van der Waals surface area contributed by atoms with Gasteiger partial charge in [-0.1, -0.05) is 12.1 Å². The van der Waals surface area contributed by atoms with Crippen molar-refractivity contribution >= 4 is 11.9 Å². The van der Waals surface area contributed by atoms with Crippen molar-refractivity contribution < 1.29 is 28.2 Å². The van der Waals surface area contributed by atoms with Crippen molar-refractivity contribution in [3.63, 3.8) is 0 Å². The van der Waals surface area contributed by atoms with Crippen LogP contribution in [0.1, 0.15) is 28.4 Å². The van der Waals surface area contributed by atoms with Crippen molar-refractivity contribution in [1.82, 2.24) is 5.32 Å². The zero-order valence-electron chi connectivity index (χ0n) is 14.7. The molecule has 1 amide bonds. The Kier molecular flexibility index (Phi) is 6.54. The molecule has 6 nitrogen and oxygen atoms in total. The van der Waals surface area contributed by atoms with Crippen LogP contribution in [0.2, 0.25) is 0 Å². The van der Waals surface area contributed by atoms with Crippen LogP contribution in [0.3, 0.4) is 0 Å². The Balaban J connectivity index is 2.31. The van der Waals surface area contributed by atoms with Crippen molar-refractivity contribution in [3.05, 3.63) is 59.4 Å². The third-order valence-electron chi connectivity index (χ3n) is 3.80. The zero-order valence-corrected chi connectivity index (χ0v) is 14.7. The van der Waals surface area contributed by atoms with Gasteiger partial charge in [-0.3, -0.25) is 9.59 Å². The molecule has 0 aromatic heterocycles. The minimum Gasteiger partial charge on any atom is -0.493 e. The predicted molar refractivity (Wildman–Crippen MR) is 92.8 cm³/mol. The van der Waals surface area contributed by atoms with E-state index in [0.717, 1.165) is 6.07 Å². The molecule has 1 N–H and O–H groups in total. The summed E-state index contributed by atoms with van der Waals surface area (Å²) in [7, 11) is 4.26. The van der Waals surface area contributed by atoms with Crippen LogP contribution in [-0.4, -0.2) is 33.2 Å². The van der Waals surface area contributed by atoms with E-state index in [0.29, 0.717) is 17.1 Å². The summed E-state index contributed by atoms with van der Waals surface area (Å²) in [5.41, 5.74) is 0.776. The number of carbonyl (C=O) groups is 2. The Morgan fingerprint density at radius 3 is 2.38 bits per heavy atom. The van der Waals surface area contributed by atoms with Gasteiger partial charge in [-0.15, -0.1) is 0 Å². The van der Waals surface area contributed by atoms with E-state index in [1.807, 2.05) is 0 Å². The maximum Gasteiger partial charge on any atom is 0.307 e. The van der Waals surface area contributed by atoms with Crippen molar-refractivity contribution in [2.24, 2.45) is 0 Å². The quantitative estimate of drug-likeness (QED) is 0.768. The largest absolute Gasteiger partial charge is 0.493 e. The van der Waals surface area contributed by atoms with Crippen LogP contribution < -0.4 is 14.8 Å². The number of carbonyl (C=O) groups excluding carboxylic acids is 2. The number of amides is 1. The number of methoxy groups -OCH3 is 3. The van der Waals surface area contributed by atoms with E-state index in [1.54, 1.807) is 18.2 Å². The first kappa shape index (κ1) is 19.2. The monoisotopic (exact) mass is 361 g/mol. The van der Waals surface area contributed by atoms with Gasteiger partial charge in [0.1, 0.15) is 5.82 Å². The molecule has 1 atom stereocenters. The molecule has 0 aliphatic heterocycles. The third-order valence-corrected chi connectivity index (χ3v) is 3.80. The smallest absolute Gasteiger partial charge is 0.307 e. The Hall–Kier alpha value is -3.09. The molecule has 2 aromatic carbocycles. The van der Waals surface area contributed by atoms with Gasteiger partial charge in [0, 0.05) is 5.56 Å². The summed E-state index contributed by atoms with van der Waals surface area (Å²) < 4.78 is 28.5. The summed E-state index contributed by atoms with van der Waals surface area (Å²) >= 11 is 0. The fourth-order valence-electron chi connectivity index (χ4n) is 2.44. The highest BCUT2D eigenvalue weighted by atomic mass is 19.1. The fourth-order valence-corrected chi connectivity index (χ4v) is 2.44. The lowest BCUT2D eigenvalue weighted by Gasteiger charge is -2.20. The molecule has 0 saturated carbocycles. The first-order chi connectivity index (χ1) is 12.5. The standard InChI is InChI=1S/C19H20FNO5/c1-24-16-8-7-12(10-17(16)25-2)15(11-18(22)26-3)21-19(23)13-5-4-6-14(20)9-13/h4-10,15H,11H2,1-3H3,(H,21,23). The van der Waals surface area contributed by atoms with E-state index in [2.05, 4.69) is 5.32 Å². The maximum absolute atomic E-state index is 13.4. The number of nitrogens with one attached hydrogen (secondary N) is 1. The van der Waals surface area contributed by atoms with Gasteiger partial charge in [-0.05, 0) is 35.9 Å². The molecule has 0 spiro atoms. The van der Waals surface area contributed by atoms with Gasteiger partial charge in [0.2, 0.25) is 0 Å². The molecule has 0 saturated heterocycles. The molecule has 0 radical (unpaired) electrons. The Morgan fingerprint density at radius 1 is 1.04 bits per heavy atom. The molecular weight excluding hydrogens is 341 g/mol. The highest BCUT2D eigenvalue weighted by Crippen LogP contribution is 2.31. The molecule has 2 aromatic rings. The number of esters is 1. The average Bonchev–Trinajstić information content (AvgIpc) is 2.66. The molecule has 7 heteroatoms. The van der Waals surface area contributed by atoms with Crippen molar-refractivity contribution in [1.29, 1.82) is 0 Å². The molecule has 2 rings (SSSR count). The van der Waals surface area contributed by atoms with Crippen molar-refractivity contribution in [2.45, 2.75) is 12.5 Å². The molecular formula is C19H20FNO5. The molecule has 1 unspecified atom stereocenters. The van der Waals surface area contributed by atoms with Gasteiger partial charge in [0.25, 0.3) is 5.91 Å². The van der Waals surface area contributed by atoms with Crippen LogP contribution in [0.25, 0.3) is 0 Å². The van der Waals surface area contributed by atoms with Crippen LogP contribution in [0.5, 0.6) is 11.5 Å². The van der Waals surface area contributed by atoms with Gasteiger partial charge >= 0.3 is 5.97 Å². The van der Waals surface area contributed by atoms with Gasteiger partial charge < -0.3 is 19.5 Å². The van der Waals surface area contributed by atoms with Crippen molar-refractivity contribution in [3.8, 4) is 11.5 Å². The van der Waals surface area contributed by atoms with E-state index in [-0.39, 0.29) is 12.0 Å². The molecule has 0 fully saturated rings. The normalized spacial score (nSPS) is 11.4. The Labute approximate surface area is 150 Å². The summed E-state index contributed by atoms with van der Waals surface area (Å²) in [6.45, 7) is 0. The van der Waals surface area contributed by atoms with E-state index < -0.39 is 23.7 Å². The van der Waals surface area contributed by atoms with E-state index in [4.69, 9.17) is 14.2 Å². The second-order valence-corrected chi connectivity index (χ2v) is 5.43. The van der Waals surface area contributed by atoms with Crippen LogP contribution in [-0.2, 0) is 9.53 Å². The first-order valence-corrected chi connectivity index (χ1v) is 7.83. The maximum atomic E-state index is 13.4. The SMILES string of the molecule is COC(=O)CC(NC(=O)c1cccc(F)c1)c1ccc(OC)c(OC)c1. The number of benzene rings is 2. The molecule has 0 aliphatic rings. The second-order valence-electron chi connectivity index (χ2n) is 5.43. The Morgan fingerprint density at radius 2 is 1.77 bits per heavy atom. The van der Waals surface area contributed by atoms with E-state index in [1.165, 1.54) is 39.5 Å². The molecule has 0 aliphatic carbocycles. The minimum absolute atomic E-state index is 0.0902. The highest BCUT2D eigenvalue weighted by molar-refractivity contribution is 5.94. The number of hydrogen-bond donors (Lipinski definition) is 1. The van der Waals surface area contributed by atoms with Crippen LogP contribution in [0.15, 0.2) is 42.5 Å². The third kappa shape index (κ3) is 4.72. The number of hydrogen-bond acceptors (Lipinski definition) is 5. The summed E-state index contributed by atoms with van der Waals surface area (Å²) in [6, 6.07) is 9.67. The van der Waals surface area contributed by atoms with Crippen LogP contribution in [0, 0.1) is 5.82 Å². The highest BCUT2D eigenvalue weighted by Gasteiger charge is 2.21. The molecule has 138 valence electrons. The minimum atomic E-state index is -0.682. The molecule has 0 heterocycles. The van der Waals surface area contributed by atoms with E-state index >= 15 is 0 Å². The predicted octanol–water partition coefficient (Wildman–Crippen LogP) is 2.88. The Bertz CT molecular complexity index is 793. The summed E-state index contributed by atoms with van der Waals surface area (Å²) in [6.07, 6.45) is -0.0902. The number of halogens is 1. The topological polar surface area (TPSA) is 73.9 Å². The van der Waals surface area contributed by atoms with Crippen LogP contribution >= 0.6 is 0 Å². The molecule has 26 heavy (non-hydrogen) atoms. The average molecular weight is 361 g/mol. The van der Waals surface area contributed by atoms with Gasteiger partial charge in [-0.2, -0.15) is 0 Å². The zero-order chi connectivity index (χ0) is 19.1. The first-order valence-electron chi connectivity index (χ1n) is 7.83. The summed E-state index contributed by atoms with van der Waals surface area (Å²) in [5.74, 6) is -0.546. The van der Waals surface area contributed by atoms with Gasteiger partial charge in [0.05, 0.1) is 33.8 Å². The van der Waals surface area contributed by atoms with Gasteiger partial charge in [0.15, 0.2) is 11.5 Å². The number of rotatable bonds is 7. The lowest BCUT2D eigenvalue weighted by molar-refractivity contribution is -0.141. The lowest BCUT2D eigenvalue weighted by Crippen LogP contribution is -2.30. The van der Waals surface area contributed by atoms with E-state index in [9.17, 15) is 14.0 Å². The second kappa shape index (κ2) is 8.84. The lowest BCUT2D eigenvalue weighted by atomic mass is 10.0. The van der Waals surface area contributed by atoms with Crippen molar-refractivity contribution in [2.75, 3.05) is 21.3 Å². The fraction of sp³-hybridized carbons (Fsp3) is 0.263. The molecule has 0 bridgehead atoms. The van der Waals surface area contributed by atoms with Gasteiger partial charge in [-0.25, -0.2) is 4.39 Å². The summed E-state index contributed by atoms with van der Waals surface area (Å²) in [4.78, 5) is 24.2. The van der Waals surface area contributed by atoms with Crippen LogP contribution in [0.4, 0.5) is 4.39 Å².